The Morgan fingerprint density at radius 1 is 1.30 bits per heavy atom. The summed E-state index contributed by atoms with van der Waals surface area (Å²) >= 11 is 0. The molecule has 5 N–H and O–H groups in total. The number of sulfonamides is 1. The number of primary sulfonamides is 1. The van der Waals surface area contributed by atoms with Gasteiger partial charge in [0.15, 0.2) is 0 Å². The first kappa shape index (κ1) is 15.1. The average molecular weight is 297 g/mol. The predicted octanol–water partition coefficient (Wildman–Crippen LogP) is 2.22. The zero-order valence-corrected chi connectivity index (χ0v) is 12.8. The number of hydrogen-bond acceptors (Lipinski definition) is 4. The van der Waals surface area contributed by atoms with E-state index < -0.39 is 10.0 Å². The highest BCUT2D eigenvalue weighted by Crippen LogP contribution is 2.30. The lowest BCUT2D eigenvalue weighted by Gasteiger charge is -2.29. The lowest BCUT2D eigenvalue weighted by Crippen LogP contribution is -2.27. The molecule has 112 valence electrons. The number of hydrogen-bond donors (Lipinski definition) is 3. The third-order valence-electron chi connectivity index (χ3n) is 3.98. The van der Waals surface area contributed by atoms with Gasteiger partial charge in [-0.2, -0.15) is 0 Å². The molecule has 0 heterocycles. The zero-order chi connectivity index (χ0) is 14.9. The molecule has 0 bridgehead atoms. The fourth-order valence-corrected chi connectivity index (χ4v) is 3.78. The number of nitrogens with one attached hydrogen (secondary N) is 1. The number of rotatable bonds is 3. The van der Waals surface area contributed by atoms with Crippen molar-refractivity contribution in [3.63, 3.8) is 0 Å². The molecular weight excluding hydrogens is 274 g/mol. The highest BCUT2D eigenvalue weighted by Gasteiger charge is 2.21. The van der Waals surface area contributed by atoms with Crippen LogP contribution in [-0.2, 0) is 10.0 Å². The van der Waals surface area contributed by atoms with Crippen molar-refractivity contribution in [2.45, 2.75) is 50.5 Å². The average Bonchev–Trinajstić information content (AvgIpc) is 2.32. The molecule has 1 saturated carbocycles. The van der Waals surface area contributed by atoms with Crippen LogP contribution in [0.3, 0.4) is 0 Å². The van der Waals surface area contributed by atoms with Gasteiger partial charge < -0.3 is 11.1 Å². The maximum Gasteiger partial charge on any atom is 0.238 e. The SMILES string of the molecule is Cc1c(NC2CCCC(C)C2)cc(N)cc1S(N)(=O)=O. The summed E-state index contributed by atoms with van der Waals surface area (Å²) in [7, 11) is -3.75. The maximum absolute atomic E-state index is 11.6. The molecule has 1 aliphatic rings. The van der Waals surface area contributed by atoms with E-state index in [9.17, 15) is 8.42 Å². The van der Waals surface area contributed by atoms with E-state index >= 15 is 0 Å². The van der Waals surface area contributed by atoms with Gasteiger partial charge in [0.05, 0.1) is 4.90 Å². The number of benzene rings is 1. The third kappa shape index (κ3) is 3.43. The Morgan fingerprint density at radius 3 is 2.60 bits per heavy atom. The molecule has 1 fully saturated rings. The Labute approximate surface area is 120 Å². The van der Waals surface area contributed by atoms with Crippen molar-refractivity contribution >= 4 is 21.4 Å². The normalized spacial score (nSPS) is 23.6. The molecule has 0 saturated heterocycles. The van der Waals surface area contributed by atoms with Crippen molar-refractivity contribution in [3.05, 3.63) is 17.7 Å². The summed E-state index contributed by atoms with van der Waals surface area (Å²) < 4.78 is 23.2. The van der Waals surface area contributed by atoms with Crippen LogP contribution in [0.2, 0.25) is 0 Å². The fourth-order valence-electron chi connectivity index (χ4n) is 2.94. The first-order valence-corrected chi connectivity index (χ1v) is 8.51. The smallest absolute Gasteiger partial charge is 0.238 e. The van der Waals surface area contributed by atoms with Crippen LogP contribution >= 0.6 is 0 Å². The zero-order valence-electron chi connectivity index (χ0n) is 12.0. The van der Waals surface area contributed by atoms with E-state index in [0.717, 1.165) is 18.5 Å². The topological polar surface area (TPSA) is 98.2 Å². The molecule has 2 atom stereocenters. The summed E-state index contributed by atoms with van der Waals surface area (Å²) in [4.78, 5) is 0.101. The van der Waals surface area contributed by atoms with Crippen LogP contribution < -0.4 is 16.2 Å². The molecule has 0 aromatic heterocycles. The molecule has 6 heteroatoms. The van der Waals surface area contributed by atoms with Crippen molar-refractivity contribution < 1.29 is 8.42 Å². The van der Waals surface area contributed by atoms with Gasteiger partial charge in [-0.1, -0.05) is 19.8 Å². The Bertz CT molecular complexity index is 599. The summed E-state index contributed by atoms with van der Waals surface area (Å²) in [5, 5.41) is 8.67. The maximum atomic E-state index is 11.6. The molecule has 0 radical (unpaired) electrons. The minimum absolute atomic E-state index is 0.101. The molecule has 0 amide bonds. The predicted molar refractivity (Wildman–Crippen MR) is 82.0 cm³/mol. The Hall–Kier alpha value is -1.27. The van der Waals surface area contributed by atoms with Crippen molar-refractivity contribution in [2.24, 2.45) is 11.1 Å². The number of nitrogen functional groups attached to an aromatic ring is 1. The molecule has 1 aliphatic carbocycles. The summed E-state index contributed by atoms with van der Waals surface area (Å²) in [6.45, 7) is 4.00. The molecule has 2 unspecified atom stereocenters. The Balaban J connectivity index is 2.30. The van der Waals surface area contributed by atoms with E-state index in [1.807, 2.05) is 0 Å². The summed E-state index contributed by atoms with van der Waals surface area (Å²) in [5.74, 6) is 0.695. The van der Waals surface area contributed by atoms with E-state index in [0.29, 0.717) is 23.2 Å². The Kier molecular flexibility index (Phi) is 4.25. The minimum atomic E-state index is -3.75. The second-order valence-corrected chi connectivity index (χ2v) is 7.38. The molecule has 0 spiro atoms. The standard InChI is InChI=1S/C14H23N3O2S/c1-9-4-3-5-12(6-9)17-13-7-11(15)8-14(10(13)2)20(16,18)19/h7-9,12,17H,3-6,15H2,1-2H3,(H2,16,18,19). The molecule has 20 heavy (non-hydrogen) atoms. The summed E-state index contributed by atoms with van der Waals surface area (Å²) in [6.07, 6.45) is 4.65. The van der Waals surface area contributed by atoms with Gasteiger partial charge in [-0.25, -0.2) is 13.6 Å². The second-order valence-electron chi connectivity index (χ2n) is 5.85. The summed E-state index contributed by atoms with van der Waals surface area (Å²) in [6, 6.07) is 3.57. The van der Waals surface area contributed by atoms with E-state index in [1.165, 1.54) is 18.9 Å². The lowest BCUT2D eigenvalue weighted by molar-refractivity contribution is 0.358. The lowest BCUT2D eigenvalue weighted by atomic mass is 9.87. The van der Waals surface area contributed by atoms with Gasteiger partial charge in [-0.05, 0) is 43.4 Å². The van der Waals surface area contributed by atoms with Crippen LogP contribution in [0.15, 0.2) is 17.0 Å². The van der Waals surface area contributed by atoms with Gasteiger partial charge in [0.1, 0.15) is 0 Å². The number of anilines is 2. The largest absolute Gasteiger partial charge is 0.399 e. The third-order valence-corrected chi connectivity index (χ3v) is 5.02. The van der Waals surface area contributed by atoms with E-state index in [4.69, 9.17) is 10.9 Å². The van der Waals surface area contributed by atoms with Crippen LogP contribution in [0, 0.1) is 12.8 Å². The van der Waals surface area contributed by atoms with Crippen LogP contribution in [0.25, 0.3) is 0 Å². The molecular formula is C14H23N3O2S. The molecule has 0 aliphatic heterocycles. The van der Waals surface area contributed by atoms with Crippen molar-refractivity contribution in [2.75, 3.05) is 11.1 Å². The first-order chi connectivity index (χ1) is 9.27. The van der Waals surface area contributed by atoms with E-state index in [-0.39, 0.29) is 4.90 Å². The van der Waals surface area contributed by atoms with Gasteiger partial charge in [-0.15, -0.1) is 0 Å². The van der Waals surface area contributed by atoms with Crippen LogP contribution in [-0.4, -0.2) is 14.5 Å². The molecule has 2 rings (SSSR count). The van der Waals surface area contributed by atoms with Crippen molar-refractivity contribution in [1.29, 1.82) is 0 Å². The van der Waals surface area contributed by atoms with Crippen molar-refractivity contribution in [3.8, 4) is 0 Å². The molecule has 1 aromatic carbocycles. The van der Waals surface area contributed by atoms with E-state index in [2.05, 4.69) is 12.2 Å². The monoisotopic (exact) mass is 297 g/mol. The van der Waals surface area contributed by atoms with Crippen LogP contribution in [0.4, 0.5) is 11.4 Å². The minimum Gasteiger partial charge on any atom is -0.399 e. The fraction of sp³-hybridized carbons (Fsp3) is 0.571. The summed E-state index contributed by atoms with van der Waals surface area (Å²) in [5.41, 5.74) is 7.62. The van der Waals surface area contributed by atoms with E-state index in [1.54, 1.807) is 13.0 Å². The molecule has 5 nitrogen and oxygen atoms in total. The highest BCUT2D eigenvalue weighted by molar-refractivity contribution is 7.89. The quantitative estimate of drug-likeness (QED) is 0.745. The van der Waals surface area contributed by atoms with Gasteiger partial charge in [0.25, 0.3) is 0 Å². The van der Waals surface area contributed by atoms with Gasteiger partial charge >= 0.3 is 0 Å². The second kappa shape index (κ2) is 5.61. The van der Waals surface area contributed by atoms with Crippen LogP contribution in [0.5, 0.6) is 0 Å². The van der Waals surface area contributed by atoms with Crippen LogP contribution in [0.1, 0.15) is 38.2 Å². The van der Waals surface area contributed by atoms with Crippen molar-refractivity contribution in [1.82, 2.24) is 0 Å². The van der Waals surface area contributed by atoms with Gasteiger partial charge in [0, 0.05) is 17.4 Å². The number of nitrogens with two attached hydrogens (primary N) is 2. The Morgan fingerprint density at radius 2 is 2.00 bits per heavy atom. The first-order valence-electron chi connectivity index (χ1n) is 6.97. The highest BCUT2D eigenvalue weighted by atomic mass is 32.2. The van der Waals surface area contributed by atoms with Gasteiger partial charge in [-0.3, -0.25) is 0 Å². The van der Waals surface area contributed by atoms with Gasteiger partial charge in [0.2, 0.25) is 10.0 Å². The molecule has 1 aromatic rings.